The minimum absolute atomic E-state index is 0.0214. The van der Waals surface area contributed by atoms with Gasteiger partial charge in [0.15, 0.2) is 0 Å². The van der Waals surface area contributed by atoms with E-state index in [1.807, 2.05) is 4.72 Å². The highest BCUT2D eigenvalue weighted by Crippen LogP contribution is 2.22. The minimum Gasteiger partial charge on any atom is -0.508 e. The highest BCUT2D eigenvalue weighted by atomic mass is 32.2. The predicted octanol–water partition coefficient (Wildman–Crippen LogP) is 0.908. The summed E-state index contributed by atoms with van der Waals surface area (Å²) >= 11 is 0. The number of hydrogen-bond acceptors (Lipinski definition) is 4. The van der Waals surface area contributed by atoms with E-state index in [2.05, 4.69) is 0 Å². The van der Waals surface area contributed by atoms with E-state index in [1.165, 1.54) is 24.3 Å². The number of nitrogens with one attached hydrogen (secondary N) is 1. The third-order valence-corrected chi connectivity index (χ3v) is 3.92. The number of carboxylic acids is 1. The number of hydrogen-bond donors (Lipinski definition) is 3. The van der Waals surface area contributed by atoms with E-state index in [1.54, 1.807) is 12.1 Å². The van der Waals surface area contributed by atoms with Crippen LogP contribution in [0.15, 0.2) is 41.3 Å². The van der Waals surface area contributed by atoms with Crippen molar-refractivity contribution in [2.75, 3.05) is 6.54 Å². The molecule has 0 aliphatic heterocycles. The molecule has 0 heterocycles. The molecule has 3 N–H and O–H groups in total. The van der Waals surface area contributed by atoms with E-state index in [0.717, 1.165) is 0 Å². The lowest BCUT2D eigenvalue weighted by Crippen LogP contribution is -2.29. The highest BCUT2D eigenvalue weighted by Gasteiger charge is 2.15. The summed E-state index contributed by atoms with van der Waals surface area (Å²) in [5.74, 6) is -1.17. The number of aromatic hydroxyl groups is 1. The summed E-state index contributed by atoms with van der Waals surface area (Å²) in [7, 11) is -3.85. The zero-order chi connectivity index (χ0) is 14.0. The van der Waals surface area contributed by atoms with Crippen LogP contribution in [0.4, 0.5) is 0 Å². The first kappa shape index (κ1) is 13.3. The van der Waals surface area contributed by atoms with Gasteiger partial charge in [-0.1, -0.05) is 12.1 Å². The van der Waals surface area contributed by atoms with Gasteiger partial charge in [-0.2, -0.15) is 4.72 Å². The van der Waals surface area contributed by atoms with E-state index in [0.29, 0.717) is 10.8 Å². The molecule has 0 amide bonds. The minimum atomic E-state index is -3.85. The van der Waals surface area contributed by atoms with Gasteiger partial charge >= 0.3 is 5.97 Å². The Balaban J connectivity index is 2.40. The lowest BCUT2D eigenvalue weighted by atomic mass is 10.1. The molecule has 0 fully saturated rings. The number of phenolic OH excluding ortho intramolecular Hbond substituents is 1. The van der Waals surface area contributed by atoms with Crippen molar-refractivity contribution in [1.29, 1.82) is 0 Å². The molecule has 2 rings (SSSR count). The summed E-state index contributed by atoms with van der Waals surface area (Å²) in [4.78, 5) is 10.4. The summed E-state index contributed by atoms with van der Waals surface area (Å²) < 4.78 is 25.6. The molecule has 0 aliphatic rings. The molecule has 0 saturated heterocycles. The Labute approximate surface area is 109 Å². The SMILES string of the molecule is O=C(O)CNS(=O)(=O)c1ccc2cc(O)ccc2c1. The van der Waals surface area contributed by atoms with E-state index < -0.39 is 22.5 Å². The van der Waals surface area contributed by atoms with Gasteiger partial charge in [-0.15, -0.1) is 0 Å². The highest BCUT2D eigenvalue weighted by molar-refractivity contribution is 7.89. The van der Waals surface area contributed by atoms with Crippen LogP contribution in [0.1, 0.15) is 0 Å². The molecular weight excluding hydrogens is 270 g/mol. The second-order valence-electron chi connectivity index (χ2n) is 3.91. The predicted molar refractivity (Wildman–Crippen MR) is 68.4 cm³/mol. The van der Waals surface area contributed by atoms with Gasteiger partial charge in [0.2, 0.25) is 10.0 Å². The topological polar surface area (TPSA) is 104 Å². The number of sulfonamides is 1. The molecular formula is C12H11NO5S. The Hall–Kier alpha value is -2.12. The van der Waals surface area contributed by atoms with Gasteiger partial charge in [-0.25, -0.2) is 8.42 Å². The van der Waals surface area contributed by atoms with Gasteiger partial charge < -0.3 is 10.2 Å². The van der Waals surface area contributed by atoms with Crippen LogP contribution in [0.2, 0.25) is 0 Å². The zero-order valence-electron chi connectivity index (χ0n) is 9.70. The molecule has 0 bridgehead atoms. The molecule has 0 saturated carbocycles. The molecule has 100 valence electrons. The Kier molecular flexibility index (Phi) is 3.41. The summed E-state index contributed by atoms with van der Waals surface area (Å²) in [6.07, 6.45) is 0. The van der Waals surface area contributed by atoms with Crippen molar-refractivity contribution in [3.05, 3.63) is 36.4 Å². The Morgan fingerprint density at radius 1 is 1.11 bits per heavy atom. The third kappa shape index (κ3) is 3.01. The summed E-state index contributed by atoms with van der Waals surface area (Å²) in [6.45, 7) is -0.671. The number of carboxylic acid groups (broad SMARTS) is 1. The molecule has 19 heavy (non-hydrogen) atoms. The van der Waals surface area contributed by atoms with Gasteiger partial charge in [-0.3, -0.25) is 4.79 Å². The number of fused-ring (bicyclic) bond motifs is 1. The zero-order valence-corrected chi connectivity index (χ0v) is 10.5. The lowest BCUT2D eigenvalue weighted by Gasteiger charge is -2.06. The molecule has 0 unspecified atom stereocenters. The summed E-state index contributed by atoms with van der Waals surface area (Å²) in [5.41, 5.74) is 0. The second kappa shape index (κ2) is 4.87. The average Bonchev–Trinajstić information content (AvgIpc) is 2.36. The first-order valence-electron chi connectivity index (χ1n) is 5.33. The van der Waals surface area contributed by atoms with Gasteiger partial charge in [0.25, 0.3) is 0 Å². The Morgan fingerprint density at radius 3 is 2.42 bits per heavy atom. The molecule has 0 radical (unpaired) electrons. The molecule has 0 spiro atoms. The fraction of sp³-hybridized carbons (Fsp3) is 0.0833. The maximum absolute atomic E-state index is 11.8. The van der Waals surface area contributed by atoms with Crippen LogP contribution in [0.25, 0.3) is 10.8 Å². The van der Waals surface area contributed by atoms with Crippen molar-refractivity contribution in [2.24, 2.45) is 0 Å². The number of phenols is 1. The van der Waals surface area contributed by atoms with Crippen LogP contribution in [-0.2, 0) is 14.8 Å². The van der Waals surface area contributed by atoms with Crippen LogP contribution in [0, 0.1) is 0 Å². The number of aliphatic carboxylic acids is 1. The maximum Gasteiger partial charge on any atom is 0.318 e. The first-order chi connectivity index (χ1) is 8.88. The van der Waals surface area contributed by atoms with Crippen molar-refractivity contribution in [3.8, 4) is 5.75 Å². The molecule has 2 aromatic rings. The third-order valence-electron chi connectivity index (χ3n) is 2.52. The summed E-state index contributed by atoms with van der Waals surface area (Å²) in [6, 6.07) is 8.86. The Bertz CT molecular complexity index is 739. The Morgan fingerprint density at radius 2 is 1.74 bits per heavy atom. The van der Waals surface area contributed by atoms with Crippen LogP contribution >= 0.6 is 0 Å². The van der Waals surface area contributed by atoms with Gasteiger partial charge in [-0.05, 0) is 35.0 Å². The van der Waals surface area contributed by atoms with Gasteiger partial charge in [0.1, 0.15) is 12.3 Å². The summed E-state index contributed by atoms with van der Waals surface area (Å²) in [5, 5.41) is 19.1. The van der Waals surface area contributed by atoms with Crippen molar-refractivity contribution in [3.63, 3.8) is 0 Å². The fourth-order valence-corrected chi connectivity index (χ4v) is 2.63. The monoisotopic (exact) mass is 281 g/mol. The molecule has 6 nitrogen and oxygen atoms in total. The van der Waals surface area contributed by atoms with Gasteiger partial charge in [0.05, 0.1) is 4.90 Å². The molecule has 7 heteroatoms. The second-order valence-corrected chi connectivity index (χ2v) is 5.68. The standard InChI is InChI=1S/C12H11NO5S/c14-10-3-1-9-6-11(4-2-8(9)5-10)19(17,18)13-7-12(15)16/h1-6,13-14H,7H2,(H,15,16). The number of rotatable bonds is 4. The quantitative estimate of drug-likeness (QED) is 0.772. The van der Waals surface area contributed by atoms with Gasteiger partial charge in [0, 0.05) is 0 Å². The molecule has 0 atom stereocenters. The van der Waals surface area contributed by atoms with E-state index in [9.17, 15) is 18.3 Å². The van der Waals surface area contributed by atoms with E-state index in [4.69, 9.17) is 5.11 Å². The van der Waals surface area contributed by atoms with E-state index >= 15 is 0 Å². The van der Waals surface area contributed by atoms with Crippen molar-refractivity contribution >= 4 is 26.8 Å². The number of carbonyl (C=O) groups is 1. The molecule has 0 aliphatic carbocycles. The largest absolute Gasteiger partial charge is 0.508 e. The number of benzene rings is 2. The van der Waals surface area contributed by atoms with Crippen LogP contribution in [-0.4, -0.2) is 31.1 Å². The fourth-order valence-electron chi connectivity index (χ4n) is 1.62. The lowest BCUT2D eigenvalue weighted by molar-refractivity contribution is -0.135. The van der Waals surface area contributed by atoms with Crippen molar-refractivity contribution < 1.29 is 23.4 Å². The van der Waals surface area contributed by atoms with Crippen LogP contribution in [0.3, 0.4) is 0 Å². The van der Waals surface area contributed by atoms with Crippen LogP contribution in [0.5, 0.6) is 5.75 Å². The average molecular weight is 281 g/mol. The first-order valence-corrected chi connectivity index (χ1v) is 6.81. The molecule has 0 aromatic heterocycles. The normalized spacial score (nSPS) is 11.6. The van der Waals surface area contributed by atoms with Crippen molar-refractivity contribution in [1.82, 2.24) is 4.72 Å². The van der Waals surface area contributed by atoms with Crippen molar-refractivity contribution in [2.45, 2.75) is 4.90 Å². The molecule has 2 aromatic carbocycles. The smallest absolute Gasteiger partial charge is 0.318 e. The maximum atomic E-state index is 11.8. The van der Waals surface area contributed by atoms with Crippen LogP contribution < -0.4 is 4.72 Å². The van der Waals surface area contributed by atoms with E-state index in [-0.39, 0.29) is 10.6 Å².